The number of nitrogens with one attached hydrogen (secondary N) is 1. The molecule has 0 heterocycles. The Morgan fingerprint density at radius 1 is 1.40 bits per heavy atom. The number of carbonyl (C=O) groups is 2. The average molecular weight is 322 g/mol. The van der Waals surface area contributed by atoms with Gasteiger partial charge in [0.25, 0.3) is 16.0 Å². The Bertz CT molecular complexity index is 615. The minimum Gasteiger partial charge on any atom is -0.467 e. The molecule has 9 heteroatoms. The van der Waals surface area contributed by atoms with Crippen molar-refractivity contribution in [2.45, 2.75) is 6.04 Å². The van der Waals surface area contributed by atoms with Crippen LogP contribution in [0.25, 0.3) is 0 Å². The molecule has 0 aliphatic rings. The molecule has 0 saturated heterocycles. The maximum atomic E-state index is 11.9. The van der Waals surface area contributed by atoms with Crippen LogP contribution in [0.4, 0.5) is 0 Å². The molecule has 2 N–H and O–H groups in total. The molecule has 0 saturated carbocycles. The van der Waals surface area contributed by atoms with E-state index in [4.69, 9.17) is 16.2 Å². The van der Waals surface area contributed by atoms with E-state index < -0.39 is 33.8 Å². The Morgan fingerprint density at radius 2 is 2.00 bits per heavy atom. The molecule has 110 valence electrons. The van der Waals surface area contributed by atoms with Gasteiger partial charge in [0.2, 0.25) is 0 Å². The van der Waals surface area contributed by atoms with Crippen LogP contribution >= 0.6 is 11.6 Å². The number of amides is 1. The zero-order valence-electron chi connectivity index (χ0n) is 10.4. The lowest BCUT2D eigenvalue weighted by atomic mass is 10.2. The number of halogens is 1. The number of esters is 1. The minimum absolute atomic E-state index is 0.0680. The van der Waals surface area contributed by atoms with Gasteiger partial charge >= 0.3 is 5.97 Å². The van der Waals surface area contributed by atoms with Crippen molar-refractivity contribution in [3.63, 3.8) is 0 Å². The summed E-state index contributed by atoms with van der Waals surface area (Å²) in [6.45, 7) is 0. The van der Waals surface area contributed by atoms with Crippen LogP contribution in [0, 0.1) is 0 Å². The van der Waals surface area contributed by atoms with E-state index in [0.29, 0.717) is 0 Å². The first-order chi connectivity index (χ1) is 9.24. The number of carbonyl (C=O) groups excluding carboxylic acids is 2. The van der Waals surface area contributed by atoms with Crippen molar-refractivity contribution in [1.29, 1.82) is 0 Å². The van der Waals surface area contributed by atoms with Gasteiger partial charge in [-0.25, -0.2) is 4.79 Å². The van der Waals surface area contributed by atoms with Gasteiger partial charge in [-0.3, -0.25) is 9.35 Å². The van der Waals surface area contributed by atoms with Gasteiger partial charge in [-0.2, -0.15) is 8.42 Å². The van der Waals surface area contributed by atoms with Crippen LogP contribution in [-0.4, -0.2) is 43.8 Å². The maximum absolute atomic E-state index is 11.9. The molecule has 1 rings (SSSR count). The molecule has 1 atom stereocenters. The third kappa shape index (κ3) is 4.80. The number of ether oxygens (including phenoxy) is 1. The Hall–Kier alpha value is -1.64. The predicted molar refractivity (Wildman–Crippen MR) is 71.1 cm³/mol. The van der Waals surface area contributed by atoms with Crippen LogP contribution in [0.5, 0.6) is 0 Å². The molecule has 0 spiro atoms. The molecule has 0 aromatic heterocycles. The Labute approximate surface area is 120 Å². The monoisotopic (exact) mass is 321 g/mol. The molecule has 0 bridgehead atoms. The van der Waals surface area contributed by atoms with Crippen molar-refractivity contribution >= 4 is 33.6 Å². The van der Waals surface area contributed by atoms with E-state index >= 15 is 0 Å². The summed E-state index contributed by atoms with van der Waals surface area (Å²) in [6.07, 6.45) is 0. The second-order valence-corrected chi connectivity index (χ2v) is 5.68. The summed E-state index contributed by atoms with van der Waals surface area (Å²) >= 11 is 5.80. The summed E-state index contributed by atoms with van der Waals surface area (Å²) in [5.74, 6) is -2.74. The van der Waals surface area contributed by atoms with Crippen LogP contribution in [-0.2, 0) is 19.6 Å². The number of benzene rings is 1. The Balaban J connectivity index is 2.93. The third-order valence-corrected chi connectivity index (χ3v) is 3.37. The topological polar surface area (TPSA) is 110 Å². The highest BCUT2D eigenvalue weighted by molar-refractivity contribution is 7.85. The first-order valence-corrected chi connectivity index (χ1v) is 7.31. The lowest BCUT2D eigenvalue weighted by Crippen LogP contribution is -2.46. The molecule has 1 amide bonds. The Kier molecular flexibility index (Phi) is 5.49. The maximum Gasteiger partial charge on any atom is 0.329 e. The van der Waals surface area contributed by atoms with Crippen LogP contribution in [0.15, 0.2) is 24.3 Å². The van der Waals surface area contributed by atoms with Crippen molar-refractivity contribution in [3.8, 4) is 0 Å². The Morgan fingerprint density at radius 3 is 2.50 bits per heavy atom. The summed E-state index contributed by atoms with van der Waals surface area (Å²) < 4.78 is 34.8. The molecule has 0 unspecified atom stereocenters. The van der Waals surface area contributed by atoms with Crippen LogP contribution in [0.2, 0.25) is 5.02 Å². The predicted octanol–water partition coefficient (Wildman–Crippen LogP) is 0.499. The van der Waals surface area contributed by atoms with Gasteiger partial charge < -0.3 is 10.1 Å². The number of methoxy groups -OCH3 is 1. The lowest BCUT2D eigenvalue weighted by Gasteiger charge is -2.15. The van der Waals surface area contributed by atoms with Gasteiger partial charge in [0.1, 0.15) is 11.8 Å². The quantitative estimate of drug-likeness (QED) is 0.603. The molecular weight excluding hydrogens is 310 g/mol. The smallest absolute Gasteiger partial charge is 0.329 e. The average Bonchev–Trinajstić information content (AvgIpc) is 2.35. The lowest BCUT2D eigenvalue weighted by molar-refractivity contribution is -0.142. The molecule has 1 aromatic carbocycles. The molecule has 0 aliphatic heterocycles. The fraction of sp³-hybridized carbons (Fsp3) is 0.273. The van der Waals surface area contributed by atoms with E-state index in [2.05, 4.69) is 10.1 Å². The van der Waals surface area contributed by atoms with Gasteiger partial charge in [-0.15, -0.1) is 0 Å². The van der Waals surface area contributed by atoms with Crippen LogP contribution in [0.1, 0.15) is 10.4 Å². The van der Waals surface area contributed by atoms with Crippen molar-refractivity contribution in [1.82, 2.24) is 5.32 Å². The number of rotatable bonds is 5. The number of hydrogen-bond donors (Lipinski definition) is 2. The normalized spacial score (nSPS) is 12.6. The summed E-state index contributed by atoms with van der Waals surface area (Å²) in [7, 11) is -3.44. The van der Waals surface area contributed by atoms with E-state index in [1.165, 1.54) is 12.1 Å². The zero-order valence-corrected chi connectivity index (χ0v) is 11.9. The fourth-order valence-corrected chi connectivity index (χ4v) is 2.27. The van der Waals surface area contributed by atoms with Crippen LogP contribution in [0.3, 0.4) is 0 Å². The van der Waals surface area contributed by atoms with Crippen molar-refractivity contribution in [2.75, 3.05) is 12.9 Å². The molecule has 20 heavy (non-hydrogen) atoms. The fourth-order valence-electron chi connectivity index (χ4n) is 1.40. The second kappa shape index (κ2) is 6.69. The largest absolute Gasteiger partial charge is 0.467 e. The molecule has 0 radical (unpaired) electrons. The minimum atomic E-state index is -4.46. The highest BCUT2D eigenvalue weighted by atomic mass is 35.5. The molecule has 7 nitrogen and oxygen atoms in total. The van der Waals surface area contributed by atoms with E-state index in [1.807, 2.05) is 0 Å². The molecular formula is C11H12ClNO6S. The summed E-state index contributed by atoms with van der Waals surface area (Å²) in [4.78, 5) is 23.3. The number of hydrogen-bond acceptors (Lipinski definition) is 5. The van der Waals surface area contributed by atoms with E-state index in [9.17, 15) is 18.0 Å². The van der Waals surface area contributed by atoms with Gasteiger partial charge in [0.15, 0.2) is 0 Å². The van der Waals surface area contributed by atoms with E-state index in [-0.39, 0.29) is 10.6 Å². The van der Waals surface area contributed by atoms with Crippen molar-refractivity contribution < 1.29 is 27.3 Å². The van der Waals surface area contributed by atoms with Gasteiger partial charge in [0.05, 0.1) is 17.7 Å². The SMILES string of the molecule is COC(=O)[C@H](CS(=O)(=O)O)NC(=O)c1ccccc1Cl. The first-order valence-electron chi connectivity index (χ1n) is 5.33. The molecule has 0 aliphatic carbocycles. The highest BCUT2D eigenvalue weighted by Crippen LogP contribution is 2.14. The third-order valence-electron chi connectivity index (χ3n) is 2.29. The highest BCUT2D eigenvalue weighted by Gasteiger charge is 2.27. The first kappa shape index (κ1) is 16.4. The second-order valence-electron chi connectivity index (χ2n) is 3.78. The van der Waals surface area contributed by atoms with Gasteiger partial charge in [-0.1, -0.05) is 23.7 Å². The molecule has 0 fully saturated rings. The summed E-state index contributed by atoms with van der Waals surface area (Å²) in [5.41, 5.74) is 0.0680. The summed E-state index contributed by atoms with van der Waals surface area (Å²) in [5, 5.41) is 2.28. The standard InChI is InChI=1S/C11H12ClNO6S/c1-19-11(15)9(6-20(16,17)18)13-10(14)7-4-2-3-5-8(7)12/h2-5,9H,6H2,1H3,(H,13,14)(H,16,17,18)/t9-/m0/s1. The summed E-state index contributed by atoms with van der Waals surface area (Å²) in [6, 6.07) is 4.50. The van der Waals surface area contributed by atoms with E-state index in [0.717, 1.165) is 7.11 Å². The van der Waals surface area contributed by atoms with E-state index in [1.54, 1.807) is 12.1 Å². The van der Waals surface area contributed by atoms with Crippen LogP contribution < -0.4 is 5.32 Å². The van der Waals surface area contributed by atoms with Crippen molar-refractivity contribution in [3.05, 3.63) is 34.9 Å². The van der Waals surface area contributed by atoms with Gasteiger partial charge in [-0.05, 0) is 12.1 Å². The van der Waals surface area contributed by atoms with Gasteiger partial charge in [0, 0.05) is 0 Å². The zero-order chi connectivity index (χ0) is 15.3. The van der Waals surface area contributed by atoms with Crippen molar-refractivity contribution in [2.24, 2.45) is 0 Å². The molecule has 1 aromatic rings.